The van der Waals surface area contributed by atoms with Crippen molar-refractivity contribution >= 4 is 51.6 Å². The highest BCUT2D eigenvalue weighted by molar-refractivity contribution is 14.0. The molecule has 0 radical (unpaired) electrons. The molecule has 1 atom stereocenters. The van der Waals surface area contributed by atoms with Crippen LogP contribution in [0.2, 0.25) is 0 Å². The van der Waals surface area contributed by atoms with Crippen molar-refractivity contribution in [2.24, 2.45) is 4.99 Å². The van der Waals surface area contributed by atoms with Crippen LogP contribution in [0.25, 0.3) is 0 Å². The largest absolute Gasteiger partial charge is 0.357 e. The summed E-state index contributed by atoms with van der Waals surface area (Å²) >= 11 is 0. The van der Waals surface area contributed by atoms with Crippen molar-refractivity contribution < 1.29 is 13.2 Å². The number of hydrogen-bond acceptors (Lipinski definition) is 7. The topological polar surface area (TPSA) is 120 Å². The number of anilines is 1. The Morgan fingerprint density at radius 3 is 2.53 bits per heavy atom. The van der Waals surface area contributed by atoms with Gasteiger partial charge in [0.2, 0.25) is 11.9 Å². The van der Waals surface area contributed by atoms with E-state index in [4.69, 9.17) is 0 Å². The molecule has 0 spiro atoms. The third-order valence-corrected chi connectivity index (χ3v) is 6.75. The molecule has 0 bridgehead atoms. The number of sulfone groups is 1. The van der Waals surface area contributed by atoms with Gasteiger partial charge in [-0.05, 0) is 19.4 Å². The van der Waals surface area contributed by atoms with E-state index in [0.717, 1.165) is 0 Å². The Balaban J connectivity index is 0.00000320. The Kier molecular flexibility index (Phi) is 9.52. The Morgan fingerprint density at radius 2 is 1.93 bits per heavy atom. The molecule has 1 amide bonds. The van der Waals surface area contributed by atoms with E-state index >= 15 is 0 Å². The van der Waals surface area contributed by atoms with Crippen LogP contribution in [0, 0.1) is 0 Å². The first kappa shape index (κ1) is 24.6. The molecule has 3 heterocycles. The Labute approximate surface area is 194 Å². The third-order valence-electron chi connectivity index (χ3n) is 4.98. The van der Waals surface area contributed by atoms with Gasteiger partial charge in [-0.15, -0.1) is 24.0 Å². The van der Waals surface area contributed by atoms with Gasteiger partial charge in [0, 0.05) is 57.6 Å². The van der Waals surface area contributed by atoms with Crippen LogP contribution in [-0.4, -0.2) is 92.0 Å². The molecule has 2 N–H and O–H groups in total. The predicted molar refractivity (Wildman–Crippen MR) is 127 cm³/mol. The first-order chi connectivity index (χ1) is 14.0. The summed E-state index contributed by atoms with van der Waals surface area (Å²) in [5.41, 5.74) is 0. The maximum absolute atomic E-state index is 12.5. The number of guanidine groups is 1. The fourth-order valence-electron chi connectivity index (χ4n) is 3.45. The van der Waals surface area contributed by atoms with Crippen molar-refractivity contribution in [2.45, 2.75) is 25.8 Å². The normalized spacial score (nSPS) is 21.1. The standard InChI is InChI=1S/C18H29N7O3S.HI/c1-2-19-17(23-15-5-13-29(27,28)14-15)20-8-4-16(26)24-9-11-25(12-10-24)18-21-6-3-7-22-18;/h3,6-7,15H,2,4-5,8-14H2,1H3,(H2,19,20,23);1H. The van der Waals surface area contributed by atoms with Gasteiger partial charge < -0.3 is 20.4 Å². The molecule has 1 aromatic rings. The summed E-state index contributed by atoms with van der Waals surface area (Å²) in [7, 11) is -2.95. The Bertz CT molecular complexity index is 814. The van der Waals surface area contributed by atoms with E-state index < -0.39 is 9.84 Å². The second kappa shape index (κ2) is 11.6. The second-order valence-electron chi connectivity index (χ2n) is 7.17. The minimum atomic E-state index is -2.95. The van der Waals surface area contributed by atoms with Crippen LogP contribution in [0.5, 0.6) is 0 Å². The third kappa shape index (κ3) is 7.22. The fraction of sp³-hybridized carbons (Fsp3) is 0.667. The second-order valence-corrected chi connectivity index (χ2v) is 9.40. The first-order valence-corrected chi connectivity index (χ1v) is 11.8. The van der Waals surface area contributed by atoms with E-state index in [9.17, 15) is 13.2 Å². The molecule has 2 aliphatic heterocycles. The van der Waals surface area contributed by atoms with Crippen LogP contribution < -0.4 is 15.5 Å². The SMILES string of the molecule is CCNC(=NCCC(=O)N1CCN(c2ncccn2)CC1)NC1CCS(=O)(=O)C1.I. The number of halogens is 1. The lowest BCUT2D eigenvalue weighted by atomic mass is 10.2. The van der Waals surface area contributed by atoms with Gasteiger partial charge in [-0.25, -0.2) is 18.4 Å². The summed E-state index contributed by atoms with van der Waals surface area (Å²) in [5, 5.41) is 6.28. The monoisotopic (exact) mass is 551 g/mol. The number of nitrogens with zero attached hydrogens (tertiary/aromatic N) is 5. The number of rotatable bonds is 6. The van der Waals surface area contributed by atoms with E-state index in [-0.39, 0.29) is 47.4 Å². The number of aromatic nitrogens is 2. The lowest BCUT2D eigenvalue weighted by Crippen LogP contribution is -2.49. The fourth-order valence-corrected chi connectivity index (χ4v) is 5.13. The lowest BCUT2D eigenvalue weighted by molar-refractivity contribution is -0.131. The lowest BCUT2D eigenvalue weighted by Gasteiger charge is -2.34. The number of carbonyl (C=O) groups excluding carboxylic acids is 1. The van der Waals surface area contributed by atoms with E-state index in [2.05, 4.69) is 30.5 Å². The number of carbonyl (C=O) groups is 1. The number of nitrogens with one attached hydrogen (secondary N) is 2. The van der Waals surface area contributed by atoms with Gasteiger partial charge in [-0.1, -0.05) is 0 Å². The number of amides is 1. The van der Waals surface area contributed by atoms with Crippen LogP contribution in [0.15, 0.2) is 23.5 Å². The zero-order valence-electron chi connectivity index (χ0n) is 17.2. The van der Waals surface area contributed by atoms with Crippen molar-refractivity contribution in [2.75, 3.05) is 55.7 Å². The summed E-state index contributed by atoms with van der Waals surface area (Å²) in [5.74, 6) is 1.67. The smallest absolute Gasteiger partial charge is 0.225 e. The van der Waals surface area contributed by atoms with Gasteiger partial charge in [0.05, 0.1) is 18.1 Å². The van der Waals surface area contributed by atoms with Gasteiger partial charge >= 0.3 is 0 Å². The summed E-state index contributed by atoms with van der Waals surface area (Å²) < 4.78 is 23.2. The molecular weight excluding hydrogens is 521 g/mol. The van der Waals surface area contributed by atoms with E-state index in [1.54, 1.807) is 18.5 Å². The predicted octanol–water partition coefficient (Wildman–Crippen LogP) is -0.124. The molecule has 2 saturated heterocycles. The molecule has 3 rings (SSSR count). The number of hydrogen-bond donors (Lipinski definition) is 2. The molecule has 1 unspecified atom stereocenters. The zero-order valence-corrected chi connectivity index (χ0v) is 20.3. The molecule has 2 aliphatic rings. The van der Waals surface area contributed by atoms with Crippen LogP contribution in [0.4, 0.5) is 5.95 Å². The zero-order chi connectivity index (χ0) is 20.7. The molecule has 0 aliphatic carbocycles. The van der Waals surface area contributed by atoms with E-state index in [1.165, 1.54) is 0 Å². The van der Waals surface area contributed by atoms with Gasteiger partial charge in [-0.3, -0.25) is 9.79 Å². The van der Waals surface area contributed by atoms with Crippen molar-refractivity contribution in [1.29, 1.82) is 0 Å². The molecule has 2 fully saturated rings. The molecule has 10 nitrogen and oxygen atoms in total. The van der Waals surface area contributed by atoms with Crippen molar-refractivity contribution in [3.05, 3.63) is 18.5 Å². The first-order valence-electron chi connectivity index (χ1n) is 10.0. The molecule has 0 saturated carbocycles. The highest BCUT2D eigenvalue weighted by Crippen LogP contribution is 2.12. The quantitative estimate of drug-likeness (QED) is 0.285. The highest BCUT2D eigenvalue weighted by atomic mass is 127. The molecule has 0 aromatic carbocycles. The van der Waals surface area contributed by atoms with Gasteiger partial charge in [0.25, 0.3) is 0 Å². The number of aliphatic imine (C=N–C) groups is 1. The van der Waals surface area contributed by atoms with Crippen molar-refractivity contribution in [3.8, 4) is 0 Å². The number of piperazine rings is 1. The van der Waals surface area contributed by atoms with E-state index in [1.807, 2.05) is 11.8 Å². The highest BCUT2D eigenvalue weighted by Gasteiger charge is 2.28. The minimum Gasteiger partial charge on any atom is -0.357 e. The molecule has 168 valence electrons. The van der Waals surface area contributed by atoms with Crippen LogP contribution in [0.3, 0.4) is 0 Å². The van der Waals surface area contributed by atoms with Crippen molar-refractivity contribution in [3.63, 3.8) is 0 Å². The maximum atomic E-state index is 12.5. The Hall–Kier alpha value is -1.70. The summed E-state index contributed by atoms with van der Waals surface area (Å²) in [6.45, 7) is 5.67. The van der Waals surface area contributed by atoms with Gasteiger partial charge in [0.1, 0.15) is 0 Å². The molecular formula is C18H30IN7O3S. The summed E-state index contributed by atoms with van der Waals surface area (Å²) in [4.78, 5) is 29.4. The van der Waals surface area contributed by atoms with Crippen LogP contribution in [-0.2, 0) is 14.6 Å². The average molecular weight is 551 g/mol. The van der Waals surface area contributed by atoms with Crippen LogP contribution >= 0.6 is 24.0 Å². The summed E-state index contributed by atoms with van der Waals surface area (Å²) in [6.07, 6.45) is 4.34. The summed E-state index contributed by atoms with van der Waals surface area (Å²) in [6, 6.07) is 1.66. The maximum Gasteiger partial charge on any atom is 0.225 e. The van der Waals surface area contributed by atoms with Gasteiger partial charge in [-0.2, -0.15) is 0 Å². The molecule has 12 heteroatoms. The van der Waals surface area contributed by atoms with Crippen LogP contribution in [0.1, 0.15) is 19.8 Å². The van der Waals surface area contributed by atoms with Crippen molar-refractivity contribution in [1.82, 2.24) is 25.5 Å². The Morgan fingerprint density at radius 1 is 1.23 bits per heavy atom. The minimum absolute atomic E-state index is 0. The molecule has 30 heavy (non-hydrogen) atoms. The molecule has 1 aromatic heterocycles. The average Bonchev–Trinajstić information content (AvgIpc) is 3.07. The van der Waals surface area contributed by atoms with E-state index in [0.29, 0.717) is 64.0 Å². The van der Waals surface area contributed by atoms with Gasteiger partial charge in [0.15, 0.2) is 15.8 Å².